The molecule has 6 heteroatoms. The van der Waals surface area contributed by atoms with Crippen molar-refractivity contribution in [2.75, 3.05) is 6.54 Å². The van der Waals surface area contributed by atoms with Crippen molar-refractivity contribution in [3.05, 3.63) is 12.2 Å². The summed E-state index contributed by atoms with van der Waals surface area (Å²) in [5.74, 6) is 1.83. The van der Waals surface area contributed by atoms with Gasteiger partial charge in [0.1, 0.15) is 6.10 Å². The molecule has 5 aliphatic carbocycles. The van der Waals surface area contributed by atoms with Crippen LogP contribution >= 0.6 is 0 Å². The maximum Gasteiger partial charge on any atom is 0.306 e. The van der Waals surface area contributed by atoms with Gasteiger partial charge in [0.05, 0.1) is 12.8 Å². The maximum absolute atomic E-state index is 13.2. The van der Waals surface area contributed by atoms with Crippen LogP contribution in [0.3, 0.4) is 0 Å². The van der Waals surface area contributed by atoms with Crippen LogP contribution in [0.5, 0.6) is 0 Å². The molecule has 6 nitrogen and oxygen atoms in total. The number of fused-ring (bicyclic) bond motifs is 7. The maximum atomic E-state index is 13.2. The lowest BCUT2D eigenvalue weighted by Crippen LogP contribution is -2.67. The third-order valence-electron chi connectivity index (χ3n) is 15.6. The fourth-order valence-corrected chi connectivity index (χ4v) is 13.4. The molecule has 260 valence electrons. The van der Waals surface area contributed by atoms with Gasteiger partial charge in [-0.2, -0.15) is 0 Å². The van der Waals surface area contributed by atoms with Crippen molar-refractivity contribution in [1.29, 1.82) is 0 Å². The van der Waals surface area contributed by atoms with Gasteiger partial charge in [-0.1, -0.05) is 60.6 Å². The quantitative estimate of drug-likeness (QED) is 0.194. The molecule has 0 bridgehead atoms. The molecule has 0 aliphatic heterocycles. The Kier molecular flexibility index (Phi) is 9.20. The Hall–Kier alpha value is -1.85. The number of hydrogen-bond acceptors (Lipinski definition) is 4. The summed E-state index contributed by atoms with van der Waals surface area (Å²) in [5, 5.41) is 12.4. The van der Waals surface area contributed by atoms with Gasteiger partial charge in [0.15, 0.2) is 0 Å². The van der Waals surface area contributed by atoms with E-state index >= 15 is 0 Å². The minimum absolute atomic E-state index is 0.0437. The molecule has 0 aromatic heterocycles. The van der Waals surface area contributed by atoms with Gasteiger partial charge in [0, 0.05) is 18.4 Å². The van der Waals surface area contributed by atoms with Gasteiger partial charge in [-0.3, -0.25) is 14.4 Å². The van der Waals surface area contributed by atoms with Crippen molar-refractivity contribution in [2.24, 2.45) is 62.1 Å². The van der Waals surface area contributed by atoms with Crippen LogP contribution in [0.15, 0.2) is 12.2 Å². The van der Waals surface area contributed by atoms with Crippen LogP contribution in [0.1, 0.15) is 146 Å². The molecule has 5 saturated carbocycles. The predicted octanol–water partition coefficient (Wildman–Crippen LogP) is 8.97. The SMILES string of the molecule is C=C(C)[C@@H]1CC[C@]2(CC(=O)NCC)CC[C@]3(C)[C@H](CC[C@@H]4[C@@]5(C)CC[C@H](OC(=O)CC(C)(C)CC(=O)O)C(C)(C)[C@@H]5CC[C@]43C)[C@@H]12. The van der Waals surface area contributed by atoms with Crippen LogP contribution in [0.4, 0.5) is 0 Å². The summed E-state index contributed by atoms with van der Waals surface area (Å²) in [5.41, 5.74) is 1.26. The van der Waals surface area contributed by atoms with Crippen LogP contribution in [0.2, 0.25) is 0 Å². The molecule has 0 aromatic carbocycles. The Morgan fingerprint density at radius 3 is 2.20 bits per heavy atom. The third-order valence-corrected chi connectivity index (χ3v) is 15.6. The highest BCUT2D eigenvalue weighted by Gasteiger charge is 2.71. The zero-order valence-corrected chi connectivity index (χ0v) is 30.7. The molecule has 46 heavy (non-hydrogen) atoms. The summed E-state index contributed by atoms with van der Waals surface area (Å²) in [6.07, 6.45) is 12.1. The topological polar surface area (TPSA) is 92.7 Å². The molecule has 10 atom stereocenters. The first kappa shape index (κ1) is 35.5. The fourth-order valence-electron chi connectivity index (χ4n) is 13.4. The number of nitrogens with one attached hydrogen (secondary N) is 1. The number of esters is 1. The highest BCUT2D eigenvalue weighted by atomic mass is 16.5. The Bertz CT molecular complexity index is 1240. The molecule has 0 radical (unpaired) electrons. The lowest BCUT2D eigenvalue weighted by atomic mass is 9.32. The molecule has 0 heterocycles. The Balaban J connectivity index is 1.39. The second-order valence-corrected chi connectivity index (χ2v) is 18.9. The van der Waals surface area contributed by atoms with E-state index in [4.69, 9.17) is 4.74 Å². The van der Waals surface area contributed by atoms with Crippen LogP contribution in [0.25, 0.3) is 0 Å². The fraction of sp³-hybridized carbons (Fsp3) is 0.875. The number of allylic oxidation sites excluding steroid dienone is 1. The number of carbonyl (C=O) groups excluding carboxylic acids is 2. The molecular weight excluding hydrogens is 574 g/mol. The van der Waals surface area contributed by atoms with E-state index in [2.05, 4.69) is 53.4 Å². The average Bonchev–Trinajstić information content (AvgIpc) is 3.29. The molecule has 0 aromatic rings. The van der Waals surface area contributed by atoms with E-state index in [9.17, 15) is 19.5 Å². The summed E-state index contributed by atoms with van der Waals surface area (Å²) in [4.78, 5) is 37.6. The first-order chi connectivity index (χ1) is 21.3. The van der Waals surface area contributed by atoms with E-state index in [1.54, 1.807) is 0 Å². The van der Waals surface area contributed by atoms with E-state index in [0.29, 0.717) is 42.6 Å². The van der Waals surface area contributed by atoms with Crippen LogP contribution in [-0.4, -0.2) is 35.6 Å². The van der Waals surface area contributed by atoms with E-state index in [1.807, 2.05) is 20.8 Å². The Morgan fingerprint density at radius 1 is 0.870 bits per heavy atom. The van der Waals surface area contributed by atoms with Crippen molar-refractivity contribution in [3.8, 4) is 0 Å². The summed E-state index contributed by atoms with van der Waals surface area (Å²) >= 11 is 0. The normalized spacial score (nSPS) is 42.9. The highest BCUT2D eigenvalue weighted by Crippen LogP contribution is 2.78. The van der Waals surface area contributed by atoms with Crippen LogP contribution in [-0.2, 0) is 19.1 Å². The molecule has 1 amide bonds. The van der Waals surface area contributed by atoms with E-state index < -0.39 is 11.4 Å². The van der Waals surface area contributed by atoms with Crippen molar-refractivity contribution in [3.63, 3.8) is 0 Å². The number of hydrogen-bond donors (Lipinski definition) is 2. The van der Waals surface area contributed by atoms with Gasteiger partial charge in [0.2, 0.25) is 5.91 Å². The van der Waals surface area contributed by atoms with Crippen LogP contribution < -0.4 is 5.32 Å². The Labute approximate surface area is 279 Å². The molecule has 5 aliphatic rings. The number of carboxylic acids is 1. The minimum Gasteiger partial charge on any atom is -0.481 e. The molecule has 0 saturated heterocycles. The molecular formula is C40H65NO5. The first-order valence-corrected chi connectivity index (χ1v) is 18.6. The zero-order chi connectivity index (χ0) is 34.1. The summed E-state index contributed by atoms with van der Waals surface area (Å²) in [6.45, 7) is 25.7. The standard InChI is InChI=1S/C40H65NO5/c1-11-41-31(42)22-40-19-14-26(25(2)3)34(40)27-12-13-29-37(8)17-16-30(46-33(45)24-35(4,5)23-32(43)44)36(6,7)28(37)15-18-39(29,10)38(27,9)20-21-40/h26-30,34H,2,11-24H2,1,3-10H3,(H,41,42)(H,43,44)/t26-,27+,28-,29+,30-,34+,37-,38+,39+,40+/m0/s1. The third kappa shape index (κ3) is 5.57. The summed E-state index contributed by atoms with van der Waals surface area (Å²) in [7, 11) is 0. The summed E-state index contributed by atoms with van der Waals surface area (Å²) < 4.78 is 6.25. The van der Waals surface area contributed by atoms with Gasteiger partial charge in [-0.15, -0.1) is 0 Å². The second-order valence-electron chi connectivity index (χ2n) is 18.9. The van der Waals surface area contributed by atoms with E-state index in [1.165, 1.54) is 37.7 Å². The van der Waals surface area contributed by atoms with E-state index in [-0.39, 0.29) is 57.9 Å². The van der Waals surface area contributed by atoms with Gasteiger partial charge in [-0.25, -0.2) is 0 Å². The smallest absolute Gasteiger partial charge is 0.306 e. The molecule has 5 fully saturated rings. The van der Waals surface area contributed by atoms with Gasteiger partial charge >= 0.3 is 11.9 Å². The number of rotatable bonds is 9. The monoisotopic (exact) mass is 639 g/mol. The number of carbonyl (C=O) groups is 3. The minimum atomic E-state index is -0.881. The number of carboxylic acid groups (broad SMARTS) is 1. The Morgan fingerprint density at radius 2 is 1.57 bits per heavy atom. The number of ether oxygens (including phenoxy) is 1. The molecule has 0 unspecified atom stereocenters. The lowest BCUT2D eigenvalue weighted by Gasteiger charge is -2.73. The van der Waals surface area contributed by atoms with Gasteiger partial charge in [0.25, 0.3) is 0 Å². The highest BCUT2D eigenvalue weighted by molar-refractivity contribution is 5.77. The van der Waals surface area contributed by atoms with Crippen LogP contribution in [0, 0.1) is 62.1 Å². The largest absolute Gasteiger partial charge is 0.481 e. The second kappa shape index (κ2) is 11.9. The first-order valence-electron chi connectivity index (χ1n) is 18.6. The van der Waals surface area contributed by atoms with Crippen molar-refractivity contribution in [2.45, 2.75) is 152 Å². The van der Waals surface area contributed by atoms with Gasteiger partial charge < -0.3 is 15.2 Å². The van der Waals surface area contributed by atoms with Gasteiger partial charge in [-0.05, 0) is 135 Å². The van der Waals surface area contributed by atoms with Crippen molar-refractivity contribution in [1.82, 2.24) is 5.32 Å². The van der Waals surface area contributed by atoms with Crippen molar-refractivity contribution < 1.29 is 24.2 Å². The number of aliphatic carboxylic acids is 1. The summed E-state index contributed by atoms with van der Waals surface area (Å²) in [6, 6.07) is 0. The number of amides is 1. The lowest BCUT2D eigenvalue weighted by molar-refractivity contribution is -0.250. The predicted molar refractivity (Wildman–Crippen MR) is 183 cm³/mol. The average molecular weight is 640 g/mol. The zero-order valence-electron chi connectivity index (χ0n) is 30.7. The van der Waals surface area contributed by atoms with Crippen molar-refractivity contribution >= 4 is 17.8 Å². The molecule has 0 spiro atoms. The van der Waals surface area contributed by atoms with E-state index in [0.717, 1.165) is 32.1 Å². The molecule has 2 N–H and O–H groups in total. The molecule has 5 rings (SSSR count).